The van der Waals surface area contributed by atoms with E-state index in [4.69, 9.17) is 4.52 Å². The molecule has 0 unspecified atom stereocenters. The van der Waals surface area contributed by atoms with Crippen LogP contribution in [0.2, 0.25) is 0 Å². The molecule has 4 nitrogen and oxygen atoms in total. The normalized spacial score (nSPS) is 10.7. The van der Waals surface area contributed by atoms with Gasteiger partial charge in [0.05, 0.1) is 12.3 Å². The maximum absolute atomic E-state index is 9.24. The number of hydrogen-bond acceptors (Lipinski definition) is 4. The highest BCUT2D eigenvalue weighted by molar-refractivity contribution is 9.10. The third kappa shape index (κ3) is 3.16. The Morgan fingerprint density at radius 3 is 2.89 bits per heavy atom. The summed E-state index contributed by atoms with van der Waals surface area (Å²) in [5, 5.41) is 16.6. The first-order valence-electron chi connectivity index (χ1n) is 6.22. The SMILES string of the molecule is CCc1noc(C)c1CNc1ccc(Br)c(CO)c1. The number of nitrogens with one attached hydrogen (secondary N) is 1. The topological polar surface area (TPSA) is 58.3 Å². The van der Waals surface area contributed by atoms with Crippen molar-refractivity contribution in [2.45, 2.75) is 33.4 Å². The van der Waals surface area contributed by atoms with Crippen LogP contribution in [-0.2, 0) is 19.6 Å². The molecule has 0 amide bonds. The number of nitrogens with zero attached hydrogens (tertiary/aromatic N) is 1. The second kappa shape index (κ2) is 6.21. The first-order chi connectivity index (χ1) is 9.15. The van der Waals surface area contributed by atoms with E-state index in [0.29, 0.717) is 6.54 Å². The largest absolute Gasteiger partial charge is 0.392 e. The quantitative estimate of drug-likeness (QED) is 0.884. The Morgan fingerprint density at radius 2 is 2.21 bits per heavy atom. The van der Waals surface area contributed by atoms with Crippen molar-refractivity contribution in [3.63, 3.8) is 0 Å². The fraction of sp³-hybridized carbons (Fsp3) is 0.357. The molecular formula is C14H17BrN2O2. The highest BCUT2D eigenvalue weighted by Gasteiger charge is 2.10. The number of aliphatic hydroxyl groups is 1. The van der Waals surface area contributed by atoms with Crippen LogP contribution < -0.4 is 5.32 Å². The fourth-order valence-electron chi connectivity index (χ4n) is 1.94. The van der Waals surface area contributed by atoms with E-state index in [2.05, 4.69) is 33.3 Å². The number of aryl methyl sites for hydroxylation is 2. The van der Waals surface area contributed by atoms with Gasteiger partial charge in [-0.25, -0.2) is 0 Å². The van der Waals surface area contributed by atoms with Crippen molar-refractivity contribution in [3.8, 4) is 0 Å². The number of hydrogen-bond donors (Lipinski definition) is 2. The average Bonchev–Trinajstić information content (AvgIpc) is 2.78. The lowest BCUT2D eigenvalue weighted by molar-refractivity contribution is 0.281. The Labute approximate surface area is 120 Å². The zero-order chi connectivity index (χ0) is 13.8. The van der Waals surface area contributed by atoms with Crippen LogP contribution in [0.1, 0.15) is 29.5 Å². The van der Waals surface area contributed by atoms with E-state index in [0.717, 1.165) is 39.2 Å². The van der Waals surface area contributed by atoms with Gasteiger partial charge in [0.1, 0.15) is 5.76 Å². The van der Waals surface area contributed by atoms with E-state index < -0.39 is 0 Å². The average molecular weight is 325 g/mol. The molecule has 0 spiro atoms. The molecule has 0 aliphatic rings. The van der Waals surface area contributed by atoms with Gasteiger partial charge >= 0.3 is 0 Å². The highest BCUT2D eigenvalue weighted by atomic mass is 79.9. The molecule has 2 N–H and O–H groups in total. The molecule has 0 saturated carbocycles. The second-order valence-electron chi connectivity index (χ2n) is 4.34. The van der Waals surface area contributed by atoms with Gasteiger partial charge < -0.3 is 14.9 Å². The molecule has 0 aliphatic heterocycles. The van der Waals surface area contributed by atoms with Gasteiger partial charge in [0.2, 0.25) is 0 Å². The summed E-state index contributed by atoms with van der Waals surface area (Å²) in [6.07, 6.45) is 0.858. The number of aliphatic hydroxyl groups excluding tert-OH is 1. The summed E-state index contributed by atoms with van der Waals surface area (Å²) >= 11 is 3.40. The molecule has 1 aromatic carbocycles. The van der Waals surface area contributed by atoms with Gasteiger partial charge in [-0.1, -0.05) is 28.0 Å². The van der Waals surface area contributed by atoms with Crippen LogP contribution in [0.4, 0.5) is 5.69 Å². The molecular weight excluding hydrogens is 308 g/mol. The van der Waals surface area contributed by atoms with E-state index >= 15 is 0 Å². The number of benzene rings is 1. The van der Waals surface area contributed by atoms with Gasteiger partial charge in [-0.3, -0.25) is 0 Å². The van der Waals surface area contributed by atoms with E-state index in [-0.39, 0.29) is 6.61 Å². The lowest BCUT2D eigenvalue weighted by Gasteiger charge is -2.09. The van der Waals surface area contributed by atoms with Crippen molar-refractivity contribution in [3.05, 3.63) is 45.3 Å². The second-order valence-corrected chi connectivity index (χ2v) is 5.19. The monoisotopic (exact) mass is 324 g/mol. The maximum Gasteiger partial charge on any atom is 0.138 e. The van der Waals surface area contributed by atoms with Gasteiger partial charge in [0.15, 0.2) is 0 Å². The molecule has 0 bridgehead atoms. The predicted molar refractivity (Wildman–Crippen MR) is 78.0 cm³/mol. The molecule has 0 saturated heterocycles. The molecule has 0 radical (unpaired) electrons. The first kappa shape index (κ1) is 14.1. The van der Waals surface area contributed by atoms with Gasteiger partial charge in [0.25, 0.3) is 0 Å². The van der Waals surface area contributed by atoms with Crippen LogP contribution in [0.25, 0.3) is 0 Å². The van der Waals surface area contributed by atoms with E-state index in [1.807, 2.05) is 25.1 Å². The van der Waals surface area contributed by atoms with Crippen molar-refractivity contribution >= 4 is 21.6 Å². The predicted octanol–water partition coefficient (Wildman–Crippen LogP) is 3.41. The Kier molecular flexibility index (Phi) is 4.61. The summed E-state index contributed by atoms with van der Waals surface area (Å²) in [6, 6.07) is 5.82. The minimum absolute atomic E-state index is 0.0165. The van der Waals surface area contributed by atoms with Crippen molar-refractivity contribution < 1.29 is 9.63 Å². The zero-order valence-electron chi connectivity index (χ0n) is 11.0. The molecule has 2 aromatic rings. The lowest BCUT2D eigenvalue weighted by Crippen LogP contribution is -2.03. The summed E-state index contributed by atoms with van der Waals surface area (Å²) in [5.74, 6) is 0.851. The lowest BCUT2D eigenvalue weighted by atomic mass is 10.1. The minimum Gasteiger partial charge on any atom is -0.392 e. The molecule has 2 rings (SSSR count). The summed E-state index contributed by atoms with van der Waals surface area (Å²) in [4.78, 5) is 0. The van der Waals surface area contributed by atoms with Crippen LogP contribution in [0.15, 0.2) is 27.2 Å². The summed E-state index contributed by atoms with van der Waals surface area (Å²) in [6.45, 7) is 4.67. The Bertz CT molecular complexity index is 567. The molecule has 1 heterocycles. The number of anilines is 1. The molecule has 0 atom stereocenters. The third-order valence-electron chi connectivity index (χ3n) is 3.09. The minimum atomic E-state index is 0.0165. The van der Waals surface area contributed by atoms with Crippen molar-refractivity contribution in [1.29, 1.82) is 0 Å². The Hall–Kier alpha value is -1.33. The van der Waals surface area contributed by atoms with Crippen LogP contribution in [0.5, 0.6) is 0 Å². The van der Waals surface area contributed by atoms with Gasteiger partial charge in [0, 0.05) is 22.3 Å². The first-order valence-corrected chi connectivity index (χ1v) is 7.02. The summed E-state index contributed by atoms with van der Waals surface area (Å²) in [7, 11) is 0. The number of halogens is 1. The van der Waals surface area contributed by atoms with Gasteiger partial charge in [-0.2, -0.15) is 0 Å². The van der Waals surface area contributed by atoms with Crippen LogP contribution in [-0.4, -0.2) is 10.3 Å². The smallest absolute Gasteiger partial charge is 0.138 e. The van der Waals surface area contributed by atoms with Gasteiger partial charge in [-0.05, 0) is 37.1 Å². The number of aromatic nitrogens is 1. The van der Waals surface area contributed by atoms with Crippen LogP contribution in [0.3, 0.4) is 0 Å². The summed E-state index contributed by atoms with van der Waals surface area (Å²) in [5.41, 5.74) is 3.93. The highest BCUT2D eigenvalue weighted by Crippen LogP contribution is 2.22. The molecule has 5 heteroatoms. The van der Waals surface area contributed by atoms with Crippen LogP contribution in [0, 0.1) is 6.92 Å². The van der Waals surface area contributed by atoms with Crippen molar-refractivity contribution in [2.75, 3.05) is 5.32 Å². The molecule has 1 aromatic heterocycles. The van der Waals surface area contributed by atoms with Crippen molar-refractivity contribution in [2.24, 2.45) is 0 Å². The fourth-order valence-corrected chi connectivity index (χ4v) is 2.31. The van der Waals surface area contributed by atoms with Gasteiger partial charge in [-0.15, -0.1) is 0 Å². The molecule has 0 fully saturated rings. The number of rotatable bonds is 5. The standard InChI is InChI=1S/C14H17BrN2O2/c1-3-14-12(9(2)19-17-14)7-16-11-4-5-13(15)10(6-11)8-18/h4-6,16,18H,3,7-8H2,1-2H3. The molecule has 0 aliphatic carbocycles. The van der Waals surface area contributed by atoms with Crippen LogP contribution >= 0.6 is 15.9 Å². The van der Waals surface area contributed by atoms with E-state index in [1.165, 1.54) is 0 Å². The van der Waals surface area contributed by atoms with E-state index in [9.17, 15) is 5.11 Å². The molecule has 102 valence electrons. The Morgan fingerprint density at radius 1 is 1.42 bits per heavy atom. The van der Waals surface area contributed by atoms with Crippen molar-refractivity contribution in [1.82, 2.24) is 5.16 Å². The molecule has 19 heavy (non-hydrogen) atoms. The summed E-state index contributed by atoms with van der Waals surface area (Å²) < 4.78 is 6.11. The third-order valence-corrected chi connectivity index (χ3v) is 3.86. The Balaban J connectivity index is 2.12. The zero-order valence-corrected chi connectivity index (χ0v) is 12.6. The van der Waals surface area contributed by atoms with E-state index in [1.54, 1.807) is 0 Å². The maximum atomic E-state index is 9.24.